The van der Waals surface area contributed by atoms with Gasteiger partial charge in [0.1, 0.15) is 5.82 Å². The minimum absolute atomic E-state index is 0.301. The van der Waals surface area contributed by atoms with Gasteiger partial charge in [-0.15, -0.1) is 0 Å². The van der Waals surface area contributed by atoms with Gasteiger partial charge in [0, 0.05) is 18.3 Å². The van der Waals surface area contributed by atoms with E-state index in [0.29, 0.717) is 34.8 Å². The third-order valence-corrected chi connectivity index (χ3v) is 4.04. The molecule has 0 fully saturated rings. The number of benzene rings is 2. The highest BCUT2D eigenvalue weighted by atomic mass is 16.5. The standard InChI is InChI=1S/C21H19N3O3/c1-14-18(13-22-19(23-14)12-15-6-4-3-5-7-15)20(25)24-17-10-8-16(9-11-17)21(26)27-2/h3-11,13H,12H2,1-2H3,(H,24,25). The van der Waals surface area contributed by atoms with Crippen LogP contribution >= 0.6 is 0 Å². The maximum atomic E-state index is 12.5. The maximum absolute atomic E-state index is 12.5. The van der Waals surface area contributed by atoms with E-state index in [9.17, 15) is 9.59 Å². The summed E-state index contributed by atoms with van der Waals surface area (Å²) in [6.45, 7) is 1.78. The van der Waals surface area contributed by atoms with Crippen LogP contribution in [0, 0.1) is 6.92 Å². The second-order valence-corrected chi connectivity index (χ2v) is 5.97. The van der Waals surface area contributed by atoms with Gasteiger partial charge in [0.25, 0.3) is 5.91 Å². The molecule has 3 rings (SSSR count). The number of carbonyl (C=O) groups excluding carboxylic acids is 2. The van der Waals surface area contributed by atoms with Gasteiger partial charge in [0.2, 0.25) is 0 Å². The molecule has 1 N–H and O–H groups in total. The Morgan fingerprint density at radius 2 is 1.74 bits per heavy atom. The van der Waals surface area contributed by atoms with Crippen LogP contribution in [0.2, 0.25) is 0 Å². The minimum atomic E-state index is -0.425. The van der Waals surface area contributed by atoms with Gasteiger partial charge in [-0.25, -0.2) is 14.8 Å². The molecule has 0 saturated heterocycles. The van der Waals surface area contributed by atoms with Crippen molar-refractivity contribution in [2.24, 2.45) is 0 Å². The van der Waals surface area contributed by atoms with Crippen LogP contribution in [-0.2, 0) is 11.2 Å². The molecule has 0 radical (unpaired) electrons. The molecule has 1 amide bonds. The summed E-state index contributed by atoms with van der Waals surface area (Å²) in [5.41, 5.74) is 3.11. The summed E-state index contributed by atoms with van der Waals surface area (Å²) >= 11 is 0. The predicted molar refractivity (Wildman–Crippen MR) is 102 cm³/mol. The molecule has 1 heterocycles. The molecule has 2 aromatic carbocycles. The molecule has 0 aliphatic rings. The summed E-state index contributed by atoms with van der Waals surface area (Å²) in [4.78, 5) is 32.7. The van der Waals surface area contributed by atoms with E-state index in [0.717, 1.165) is 5.56 Å². The van der Waals surface area contributed by atoms with Gasteiger partial charge in [-0.05, 0) is 36.8 Å². The molecule has 27 heavy (non-hydrogen) atoms. The maximum Gasteiger partial charge on any atom is 0.337 e. The normalized spacial score (nSPS) is 10.3. The zero-order valence-electron chi connectivity index (χ0n) is 15.1. The van der Waals surface area contributed by atoms with Crippen molar-refractivity contribution in [2.75, 3.05) is 12.4 Å². The van der Waals surface area contributed by atoms with Crippen LogP contribution in [0.5, 0.6) is 0 Å². The van der Waals surface area contributed by atoms with Gasteiger partial charge in [0.15, 0.2) is 0 Å². The average molecular weight is 361 g/mol. The van der Waals surface area contributed by atoms with Gasteiger partial charge in [-0.1, -0.05) is 30.3 Å². The molecule has 0 aliphatic heterocycles. The minimum Gasteiger partial charge on any atom is -0.465 e. The van der Waals surface area contributed by atoms with Crippen LogP contribution in [-0.4, -0.2) is 29.0 Å². The molecule has 136 valence electrons. The summed E-state index contributed by atoms with van der Waals surface area (Å²) < 4.78 is 4.65. The highest BCUT2D eigenvalue weighted by molar-refractivity contribution is 6.05. The molecule has 0 atom stereocenters. The highest BCUT2D eigenvalue weighted by Crippen LogP contribution is 2.14. The monoisotopic (exact) mass is 361 g/mol. The number of hydrogen-bond acceptors (Lipinski definition) is 5. The first kappa shape index (κ1) is 18.3. The van der Waals surface area contributed by atoms with E-state index >= 15 is 0 Å². The molecule has 0 unspecified atom stereocenters. The number of carbonyl (C=O) groups is 2. The Morgan fingerprint density at radius 3 is 2.37 bits per heavy atom. The molecular weight excluding hydrogens is 342 g/mol. The van der Waals surface area contributed by atoms with E-state index in [1.165, 1.54) is 7.11 Å². The van der Waals surface area contributed by atoms with E-state index in [-0.39, 0.29) is 5.91 Å². The van der Waals surface area contributed by atoms with Crippen LogP contribution in [0.1, 0.15) is 37.8 Å². The molecule has 0 spiro atoms. The Hall–Kier alpha value is -3.54. The summed E-state index contributed by atoms with van der Waals surface area (Å²) in [5, 5.41) is 2.78. The van der Waals surface area contributed by atoms with Crippen LogP contribution in [0.25, 0.3) is 0 Å². The van der Waals surface area contributed by atoms with Crippen molar-refractivity contribution in [2.45, 2.75) is 13.3 Å². The number of anilines is 1. The first-order valence-electron chi connectivity index (χ1n) is 8.43. The van der Waals surface area contributed by atoms with E-state index in [1.807, 2.05) is 30.3 Å². The lowest BCUT2D eigenvalue weighted by Crippen LogP contribution is -2.15. The fourth-order valence-electron chi connectivity index (χ4n) is 2.61. The summed E-state index contributed by atoms with van der Waals surface area (Å²) in [6, 6.07) is 16.4. The van der Waals surface area contributed by atoms with Gasteiger partial charge >= 0.3 is 5.97 Å². The van der Waals surface area contributed by atoms with Gasteiger partial charge in [-0.2, -0.15) is 0 Å². The topological polar surface area (TPSA) is 81.2 Å². The average Bonchev–Trinajstić information content (AvgIpc) is 2.68. The number of rotatable bonds is 5. The number of ether oxygens (including phenoxy) is 1. The van der Waals surface area contributed by atoms with Gasteiger partial charge in [-0.3, -0.25) is 4.79 Å². The molecular formula is C21H19N3O3. The van der Waals surface area contributed by atoms with E-state index in [1.54, 1.807) is 37.4 Å². The quantitative estimate of drug-likeness (QED) is 0.704. The number of aryl methyl sites for hydroxylation is 1. The molecule has 6 nitrogen and oxygen atoms in total. The van der Waals surface area contributed by atoms with Crippen LogP contribution in [0.15, 0.2) is 60.8 Å². The van der Waals surface area contributed by atoms with Gasteiger partial charge in [0.05, 0.1) is 23.9 Å². The zero-order chi connectivity index (χ0) is 19.2. The first-order valence-corrected chi connectivity index (χ1v) is 8.43. The molecule has 3 aromatic rings. The Morgan fingerprint density at radius 1 is 1.04 bits per heavy atom. The molecule has 1 aromatic heterocycles. The van der Waals surface area contributed by atoms with Crippen molar-refractivity contribution in [3.05, 3.63) is 89.0 Å². The second-order valence-electron chi connectivity index (χ2n) is 5.97. The number of methoxy groups -OCH3 is 1. The summed E-state index contributed by atoms with van der Waals surface area (Å²) in [7, 11) is 1.32. The SMILES string of the molecule is COC(=O)c1ccc(NC(=O)c2cnc(Cc3ccccc3)nc2C)cc1. The van der Waals surface area contributed by atoms with Crippen molar-refractivity contribution in [3.63, 3.8) is 0 Å². The van der Waals surface area contributed by atoms with Crippen molar-refractivity contribution < 1.29 is 14.3 Å². The van der Waals surface area contributed by atoms with Crippen LogP contribution < -0.4 is 5.32 Å². The number of esters is 1. The number of amides is 1. The Labute approximate surface area is 157 Å². The van der Waals surface area contributed by atoms with E-state index < -0.39 is 5.97 Å². The lowest BCUT2D eigenvalue weighted by molar-refractivity contribution is 0.0600. The smallest absolute Gasteiger partial charge is 0.337 e. The fraction of sp³-hybridized carbons (Fsp3) is 0.143. The molecule has 0 aliphatic carbocycles. The van der Waals surface area contributed by atoms with E-state index in [4.69, 9.17) is 0 Å². The lowest BCUT2D eigenvalue weighted by Gasteiger charge is -2.09. The molecule has 0 saturated carbocycles. The summed E-state index contributed by atoms with van der Waals surface area (Å²) in [6.07, 6.45) is 2.15. The Balaban J connectivity index is 1.70. The largest absolute Gasteiger partial charge is 0.465 e. The molecule has 6 heteroatoms. The Bertz CT molecular complexity index is 954. The first-order chi connectivity index (χ1) is 13.1. The highest BCUT2D eigenvalue weighted by Gasteiger charge is 2.13. The van der Waals surface area contributed by atoms with E-state index in [2.05, 4.69) is 20.0 Å². The molecule has 0 bridgehead atoms. The second kappa shape index (κ2) is 8.23. The summed E-state index contributed by atoms with van der Waals surface area (Å²) in [5.74, 6) is -0.0617. The number of hydrogen-bond donors (Lipinski definition) is 1. The zero-order valence-corrected chi connectivity index (χ0v) is 15.1. The Kier molecular flexibility index (Phi) is 5.56. The lowest BCUT2D eigenvalue weighted by atomic mass is 10.1. The number of aromatic nitrogens is 2. The van der Waals surface area contributed by atoms with Crippen LogP contribution in [0.4, 0.5) is 5.69 Å². The number of nitrogens with zero attached hydrogens (tertiary/aromatic N) is 2. The van der Waals surface area contributed by atoms with Crippen molar-refractivity contribution in [1.29, 1.82) is 0 Å². The van der Waals surface area contributed by atoms with Crippen molar-refractivity contribution in [3.8, 4) is 0 Å². The third kappa shape index (κ3) is 4.55. The fourth-order valence-corrected chi connectivity index (χ4v) is 2.61. The van der Waals surface area contributed by atoms with Crippen LogP contribution in [0.3, 0.4) is 0 Å². The van der Waals surface area contributed by atoms with Gasteiger partial charge < -0.3 is 10.1 Å². The van der Waals surface area contributed by atoms with Crippen molar-refractivity contribution in [1.82, 2.24) is 9.97 Å². The predicted octanol–water partition coefficient (Wildman–Crippen LogP) is 3.41. The van der Waals surface area contributed by atoms with Crippen molar-refractivity contribution >= 4 is 17.6 Å². The third-order valence-electron chi connectivity index (χ3n) is 4.04. The number of nitrogens with one attached hydrogen (secondary N) is 1.